The molecule has 2 N–H and O–H groups in total. The molecule has 1 aliphatic rings. The lowest BCUT2D eigenvalue weighted by atomic mass is 10.1. The van der Waals surface area contributed by atoms with E-state index in [2.05, 4.69) is 10.0 Å². The molecule has 0 radical (unpaired) electrons. The van der Waals surface area contributed by atoms with Gasteiger partial charge in [-0.1, -0.05) is 6.07 Å². The van der Waals surface area contributed by atoms with Crippen LogP contribution in [0.2, 0.25) is 0 Å². The SMILES string of the molecule is O=C(CCNS(=O)(=O)c1ccc(F)cc1)Nc1cccc(C(=O)N2CCCCC2)c1. The van der Waals surface area contributed by atoms with Crippen molar-refractivity contribution < 1.29 is 22.4 Å². The number of rotatable bonds is 7. The summed E-state index contributed by atoms with van der Waals surface area (Å²) in [6.07, 6.45) is 3.03. The van der Waals surface area contributed by atoms with Crippen molar-refractivity contribution >= 4 is 27.5 Å². The van der Waals surface area contributed by atoms with Crippen LogP contribution in [0.4, 0.5) is 10.1 Å². The normalized spacial score (nSPS) is 14.4. The lowest BCUT2D eigenvalue weighted by Gasteiger charge is -2.26. The maximum atomic E-state index is 12.9. The first-order valence-electron chi connectivity index (χ1n) is 9.79. The molecule has 0 atom stereocenters. The van der Waals surface area contributed by atoms with Crippen LogP contribution in [0, 0.1) is 5.82 Å². The van der Waals surface area contributed by atoms with E-state index in [1.807, 2.05) is 4.90 Å². The molecule has 0 saturated carbocycles. The lowest BCUT2D eigenvalue weighted by molar-refractivity contribution is -0.116. The fourth-order valence-corrected chi connectivity index (χ4v) is 4.26. The molecule has 0 unspecified atom stereocenters. The number of likely N-dealkylation sites (tertiary alicyclic amines) is 1. The Hall–Kier alpha value is -2.78. The second-order valence-corrected chi connectivity index (χ2v) is 8.85. The molecule has 2 aromatic rings. The van der Waals surface area contributed by atoms with Gasteiger partial charge in [0.15, 0.2) is 0 Å². The number of hydrogen-bond acceptors (Lipinski definition) is 4. The highest BCUT2D eigenvalue weighted by molar-refractivity contribution is 7.89. The lowest BCUT2D eigenvalue weighted by Crippen LogP contribution is -2.35. The van der Waals surface area contributed by atoms with Crippen LogP contribution in [0.25, 0.3) is 0 Å². The quantitative estimate of drug-likeness (QED) is 0.702. The number of carbonyl (C=O) groups is 2. The number of halogens is 1. The molecule has 2 aromatic carbocycles. The van der Waals surface area contributed by atoms with Gasteiger partial charge in [-0.15, -0.1) is 0 Å². The van der Waals surface area contributed by atoms with Crippen molar-refractivity contribution in [2.75, 3.05) is 25.0 Å². The molecule has 2 amide bonds. The number of nitrogens with one attached hydrogen (secondary N) is 2. The number of amides is 2. The first-order valence-corrected chi connectivity index (χ1v) is 11.3. The summed E-state index contributed by atoms with van der Waals surface area (Å²) in [7, 11) is -3.82. The van der Waals surface area contributed by atoms with Crippen molar-refractivity contribution in [1.82, 2.24) is 9.62 Å². The van der Waals surface area contributed by atoms with Crippen LogP contribution in [0.5, 0.6) is 0 Å². The Labute approximate surface area is 175 Å². The fraction of sp³-hybridized carbons (Fsp3) is 0.333. The molecule has 30 heavy (non-hydrogen) atoms. The first kappa shape index (κ1) is 21.9. The second kappa shape index (κ2) is 9.82. The van der Waals surface area contributed by atoms with E-state index in [0.29, 0.717) is 11.3 Å². The van der Waals surface area contributed by atoms with E-state index in [4.69, 9.17) is 0 Å². The number of benzene rings is 2. The number of anilines is 1. The topological polar surface area (TPSA) is 95.6 Å². The standard InChI is InChI=1S/C21H24FN3O4S/c22-17-7-9-19(10-8-17)30(28,29)23-12-11-20(26)24-18-6-4-5-16(15-18)21(27)25-13-2-1-3-14-25/h4-10,15,23H,1-3,11-14H2,(H,24,26). The molecule has 1 heterocycles. The van der Waals surface area contributed by atoms with Crippen LogP contribution in [0.15, 0.2) is 53.4 Å². The maximum Gasteiger partial charge on any atom is 0.253 e. The third kappa shape index (κ3) is 5.87. The van der Waals surface area contributed by atoms with E-state index >= 15 is 0 Å². The molecule has 7 nitrogen and oxygen atoms in total. The molecular formula is C21H24FN3O4S. The van der Waals surface area contributed by atoms with Gasteiger partial charge >= 0.3 is 0 Å². The highest BCUT2D eigenvalue weighted by Crippen LogP contribution is 2.16. The summed E-state index contributed by atoms with van der Waals surface area (Å²) in [5, 5.41) is 2.68. The third-order valence-corrected chi connectivity index (χ3v) is 6.28. The Balaban J connectivity index is 1.52. The third-order valence-electron chi connectivity index (χ3n) is 4.80. The Kier molecular flexibility index (Phi) is 7.17. The highest BCUT2D eigenvalue weighted by Gasteiger charge is 2.19. The number of sulfonamides is 1. The summed E-state index contributed by atoms with van der Waals surface area (Å²) in [4.78, 5) is 26.5. The number of nitrogens with zero attached hydrogens (tertiary/aromatic N) is 1. The Bertz CT molecular complexity index is 1000. The van der Waals surface area contributed by atoms with E-state index in [9.17, 15) is 22.4 Å². The zero-order valence-electron chi connectivity index (χ0n) is 16.4. The van der Waals surface area contributed by atoms with Gasteiger partial charge in [0.2, 0.25) is 15.9 Å². The number of hydrogen-bond donors (Lipinski definition) is 2. The van der Waals surface area contributed by atoms with Crippen molar-refractivity contribution in [2.45, 2.75) is 30.6 Å². The molecule has 9 heteroatoms. The number of carbonyl (C=O) groups excluding carboxylic acids is 2. The van der Waals surface area contributed by atoms with E-state index in [0.717, 1.165) is 56.6 Å². The van der Waals surface area contributed by atoms with Crippen molar-refractivity contribution in [3.8, 4) is 0 Å². The van der Waals surface area contributed by atoms with Gasteiger partial charge in [0, 0.05) is 37.3 Å². The van der Waals surface area contributed by atoms with E-state index in [-0.39, 0.29) is 29.7 Å². The van der Waals surface area contributed by atoms with Crippen LogP contribution in [0.1, 0.15) is 36.0 Å². The highest BCUT2D eigenvalue weighted by atomic mass is 32.2. The van der Waals surface area contributed by atoms with Crippen LogP contribution >= 0.6 is 0 Å². The minimum Gasteiger partial charge on any atom is -0.339 e. The van der Waals surface area contributed by atoms with Crippen molar-refractivity contribution in [2.24, 2.45) is 0 Å². The molecule has 3 rings (SSSR count). The Morgan fingerprint density at radius 1 is 1.00 bits per heavy atom. The van der Waals surface area contributed by atoms with Gasteiger partial charge in [-0.25, -0.2) is 17.5 Å². The van der Waals surface area contributed by atoms with Crippen LogP contribution in [0.3, 0.4) is 0 Å². The van der Waals surface area contributed by atoms with Gasteiger partial charge in [-0.05, 0) is 61.7 Å². The molecule has 0 aromatic heterocycles. The number of piperidine rings is 1. The molecular weight excluding hydrogens is 409 g/mol. The summed E-state index contributed by atoms with van der Waals surface area (Å²) in [6, 6.07) is 11.1. The van der Waals surface area contributed by atoms with Crippen molar-refractivity contribution in [3.63, 3.8) is 0 Å². The van der Waals surface area contributed by atoms with Gasteiger partial charge in [0.05, 0.1) is 4.90 Å². The van der Waals surface area contributed by atoms with Crippen LogP contribution in [-0.2, 0) is 14.8 Å². The Morgan fingerprint density at radius 2 is 1.70 bits per heavy atom. The second-order valence-electron chi connectivity index (χ2n) is 7.08. The predicted molar refractivity (Wildman–Crippen MR) is 111 cm³/mol. The maximum absolute atomic E-state index is 12.9. The summed E-state index contributed by atoms with van der Waals surface area (Å²) < 4.78 is 39.5. The molecule has 160 valence electrons. The molecule has 0 spiro atoms. The molecule has 0 aliphatic carbocycles. The predicted octanol–water partition coefficient (Wildman–Crippen LogP) is 2.76. The zero-order valence-corrected chi connectivity index (χ0v) is 17.3. The van der Waals surface area contributed by atoms with Gasteiger partial charge in [0.1, 0.15) is 5.82 Å². The largest absolute Gasteiger partial charge is 0.339 e. The van der Waals surface area contributed by atoms with Crippen LogP contribution < -0.4 is 10.0 Å². The van der Waals surface area contributed by atoms with Gasteiger partial charge in [0.25, 0.3) is 5.91 Å². The van der Waals surface area contributed by atoms with E-state index in [1.54, 1.807) is 24.3 Å². The molecule has 1 fully saturated rings. The minimum atomic E-state index is -3.82. The summed E-state index contributed by atoms with van der Waals surface area (Å²) in [6.45, 7) is 1.37. The average Bonchev–Trinajstić information content (AvgIpc) is 2.74. The summed E-state index contributed by atoms with van der Waals surface area (Å²) in [5.41, 5.74) is 0.982. The average molecular weight is 434 g/mol. The monoisotopic (exact) mass is 433 g/mol. The molecule has 1 saturated heterocycles. The molecule has 1 aliphatic heterocycles. The smallest absolute Gasteiger partial charge is 0.253 e. The zero-order chi connectivity index (χ0) is 21.6. The summed E-state index contributed by atoms with van der Waals surface area (Å²) in [5.74, 6) is -0.980. The van der Waals surface area contributed by atoms with E-state index < -0.39 is 15.8 Å². The van der Waals surface area contributed by atoms with Gasteiger partial charge in [-0.2, -0.15) is 0 Å². The van der Waals surface area contributed by atoms with Gasteiger partial charge < -0.3 is 10.2 Å². The summed E-state index contributed by atoms with van der Waals surface area (Å²) >= 11 is 0. The Morgan fingerprint density at radius 3 is 2.40 bits per heavy atom. The van der Waals surface area contributed by atoms with Crippen molar-refractivity contribution in [3.05, 3.63) is 59.9 Å². The minimum absolute atomic E-state index is 0.0575. The van der Waals surface area contributed by atoms with Crippen LogP contribution in [-0.4, -0.2) is 44.8 Å². The first-order chi connectivity index (χ1) is 14.3. The fourth-order valence-electron chi connectivity index (χ4n) is 3.23. The molecule has 0 bridgehead atoms. The van der Waals surface area contributed by atoms with E-state index in [1.165, 1.54) is 0 Å². The van der Waals surface area contributed by atoms with Gasteiger partial charge in [-0.3, -0.25) is 9.59 Å². The van der Waals surface area contributed by atoms with Crippen molar-refractivity contribution in [1.29, 1.82) is 0 Å².